The van der Waals surface area contributed by atoms with Gasteiger partial charge in [-0.25, -0.2) is 0 Å². The molecule has 0 aromatic heterocycles. The first-order valence-electron chi connectivity index (χ1n) is 7.12. The van der Waals surface area contributed by atoms with Gasteiger partial charge in [0.1, 0.15) is 5.75 Å². The van der Waals surface area contributed by atoms with Crippen LogP contribution in [0, 0.1) is 5.41 Å². The minimum Gasteiger partial charge on any atom is -0.497 e. The molecule has 0 heterocycles. The summed E-state index contributed by atoms with van der Waals surface area (Å²) in [5.74, 6) is 0.916. The van der Waals surface area contributed by atoms with E-state index in [0.29, 0.717) is 6.54 Å². The molecule has 0 aliphatic rings. The van der Waals surface area contributed by atoms with E-state index in [1.54, 1.807) is 7.11 Å². The van der Waals surface area contributed by atoms with Crippen LogP contribution < -0.4 is 10.5 Å². The summed E-state index contributed by atoms with van der Waals surface area (Å²) in [6.45, 7) is 10.5. The van der Waals surface area contributed by atoms with Crippen LogP contribution in [-0.2, 0) is 6.42 Å². The third-order valence-electron chi connectivity index (χ3n) is 3.76. The fourth-order valence-corrected chi connectivity index (χ4v) is 2.45. The molecule has 0 spiro atoms. The molecule has 1 rings (SSSR count). The second-order valence-electron chi connectivity index (χ2n) is 5.50. The number of ether oxygens (including phenoxy) is 1. The Morgan fingerprint density at radius 2 is 1.95 bits per heavy atom. The van der Waals surface area contributed by atoms with E-state index < -0.39 is 0 Å². The lowest BCUT2D eigenvalue weighted by molar-refractivity contribution is 0.181. The topological polar surface area (TPSA) is 38.5 Å². The summed E-state index contributed by atoms with van der Waals surface area (Å²) in [5, 5.41) is 0. The second kappa shape index (κ2) is 7.51. The van der Waals surface area contributed by atoms with E-state index in [-0.39, 0.29) is 5.41 Å². The van der Waals surface area contributed by atoms with Crippen LogP contribution in [0.5, 0.6) is 5.75 Å². The van der Waals surface area contributed by atoms with Crippen LogP contribution in [0.1, 0.15) is 26.3 Å². The molecule has 1 unspecified atom stereocenters. The minimum absolute atomic E-state index is 0.110. The van der Waals surface area contributed by atoms with Crippen molar-refractivity contribution in [3.63, 3.8) is 0 Å². The molecule has 1 aromatic carbocycles. The van der Waals surface area contributed by atoms with E-state index in [9.17, 15) is 0 Å². The molecular formula is C16H28N2O. The van der Waals surface area contributed by atoms with Crippen molar-refractivity contribution in [3.05, 3.63) is 29.8 Å². The molecule has 1 aromatic rings. The summed E-state index contributed by atoms with van der Waals surface area (Å²) in [6.07, 6.45) is 0.983. The molecule has 0 radical (unpaired) electrons. The maximum atomic E-state index is 6.03. The summed E-state index contributed by atoms with van der Waals surface area (Å²) in [7, 11) is 1.71. The quantitative estimate of drug-likeness (QED) is 0.784. The molecule has 0 saturated heterocycles. The molecule has 3 nitrogen and oxygen atoms in total. The SMILES string of the molecule is CCN(CC)CC(C)(CN)Cc1cccc(OC)c1. The van der Waals surface area contributed by atoms with Crippen LogP contribution in [0.3, 0.4) is 0 Å². The van der Waals surface area contributed by atoms with E-state index in [2.05, 4.69) is 37.8 Å². The Balaban J connectivity index is 2.78. The van der Waals surface area contributed by atoms with E-state index in [1.165, 1.54) is 5.56 Å². The van der Waals surface area contributed by atoms with Gasteiger partial charge in [-0.15, -0.1) is 0 Å². The molecule has 0 aliphatic carbocycles. The maximum absolute atomic E-state index is 6.03. The molecule has 3 heteroatoms. The van der Waals surface area contributed by atoms with Crippen LogP contribution >= 0.6 is 0 Å². The summed E-state index contributed by atoms with van der Waals surface area (Å²) < 4.78 is 5.28. The number of hydrogen-bond acceptors (Lipinski definition) is 3. The zero-order valence-corrected chi connectivity index (χ0v) is 12.8. The monoisotopic (exact) mass is 264 g/mol. The standard InChI is InChI=1S/C16H28N2O/c1-5-18(6-2)13-16(3,12-17)11-14-8-7-9-15(10-14)19-4/h7-10H,5-6,11-13,17H2,1-4H3. The van der Waals surface area contributed by atoms with E-state index in [1.807, 2.05) is 12.1 Å². The number of benzene rings is 1. The van der Waals surface area contributed by atoms with Gasteiger partial charge in [-0.1, -0.05) is 32.9 Å². The molecule has 108 valence electrons. The van der Waals surface area contributed by atoms with E-state index in [4.69, 9.17) is 10.5 Å². The number of nitrogens with two attached hydrogens (primary N) is 1. The third-order valence-corrected chi connectivity index (χ3v) is 3.76. The lowest BCUT2D eigenvalue weighted by atomic mass is 9.83. The van der Waals surface area contributed by atoms with Gasteiger partial charge >= 0.3 is 0 Å². The molecule has 0 amide bonds. The zero-order valence-electron chi connectivity index (χ0n) is 12.8. The number of rotatable bonds is 8. The summed E-state index contributed by atoms with van der Waals surface area (Å²) >= 11 is 0. The Hall–Kier alpha value is -1.06. The number of hydrogen-bond donors (Lipinski definition) is 1. The molecular weight excluding hydrogens is 236 g/mol. The van der Waals surface area contributed by atoms with Gasteiger partial charge in [0.05, 0.1) is 7.11 Å². The molecule has 2 N–H and O–H groups in total. The first-order chi connectivity index (χ1) is 9.06. The van der Waals surface area contributed by atoms with Gasteiger partial charge in [0.25, 0.3) is 0 Å². The van der Waals surface area contributed by atoms with Crippen LogP contribution in [-0.4, -0.2) is 38.2 Å². The fourth-order valence-electron chi connectivity index (χ4n) is 2.45. The van der Waals surface area contributed by atoms with Crippen LogP contribution in [0.25, 0.3) is 0 Å². The van der Waals surface area contributed by atoms with Gasteiger partial charge in [-0.2, -0.15) is 0 Å². The Morgan fingerprint density at radius 3 is 2.47 bits per heavy atom. The Labute approximate surface area is 117 Å². The molecule has 0 bridgehead atoms. The predicted molar refractivity (Wildman–Crippen MR) is 81.6 cm³/mol. The zero-order chi connectivity index (χ0) is 14.3. The van der Waals surface area contributed by atoms with Crippen molar-refractivity contribution >= 4 is 0 Å². The Morgan fingerprint density at radius 1 is 1.26 bits per heavy atom. The fraction of sp³-hybridized carbons (Fsp3) is 0.625. The lowest BCUT2D eigenvalue weighted by Crippen LogP contribution is -2.42. The van der Waals surface area contributed by atoms with E-state index in [0.717, 1.165) is 31.8 Å². The van der Waals surface area contributed by atoms with Crippen molar-refractivity contribution in [2.24, 2.45) is 11.1 Å². The Bertz CT molecular complexity index is 377. The average molecular weight is 264 g/mol. The maximum Gasteiger partial charge on any atom is 0.119 e. The van der Waals surface area contributed by atoms with Gasteiger partial charge in [0.2, 0.25) is 0 Å². The highest BCUT2D eigenvalue weighted by atomic mass is 16.5. The molecule has 19 heavy (non-hydrogen) atoms. The van der Waals surface area contributed by atoms with Crippen LogP contribution in [0.15, 0.2) is 24.3 Å². The smallest absolute Gasteiger partial charge is 0.119 e. The average Bonchev–Trinajstić information content (AvgIpc) is 2.45. The van der Waals surface area contributed by atoms with Crippen molar-refractivity contribution in [3.8, 4) is 5.75 Å². The van der Waals surface area contributed by atoms with Crippen molar-refractivity contribution in [1.82, 2.24) is 4.90 Å². The van der Waals surface area contributed by atoms with Gasteiger partial charge in [0.15, 0.2) is 0 Å². The normalized spacial score (nSPS) is 14.4. The number of nitrogens with zero attached hydrogens (tertiary/aromatic N) is 1. The molecule has 1 atom stereocenters. The highest BCUT2D eigenvalue weighted by Crippen LogP contribution is 2.25. The van der Waals surface area contributed by atoms with Crippen molar-refractivity contribution in [1.29, 1.82) is 0 Å². The first-order valence-corrected chi connectivity index (χ1v) is 7.12. The van der Waals surface area contributed by atoms with Crippen molar-refractivity contribution in [2.75, 3.05) is 33.3 Å². The van der Waals surface area contributed by atoms with Crippen LogP contribution in [0.4, 0.5) is 0 Å². The van der Waals surface area contributed by atoms with Gasteiger partial charge in [0, 0.05) is 6.54 Å². The van der Waals surface area contributed by atoms with Gasteiger partial charge in [-0.05, 0) is 49.2 Å². The Kier molecular flexibility index (Phi) is 6.32. The second-order valence-corrected chi connectivity index (χ2v) is 5.50. The molecule has 0 saturated carbocycles. The summed E-state index contributed by atoms with van der Waals surface area (Å²) in [6, 6.07) is 8.28. The third kappa shape index (κ3) is 4.84. The lowest BCUT2D eigenvalue weighted by Gasteiger charge is -2.34. The largest absolute Gasteiger partial charge is 0.497 e. The van der Waals surface area contributed by atoms with Crippen LogP contribution in [0.2, 0.25) is 0 Å². The summed E-state index contributed by atoms with van der Waals surface area (Å²) in [5.41, 5.74) is 7.43. The predicted octanol–water partition coefficient (Wildman–Crippen LogP) is 2.54. The minimum atomic E-state index is 0.110. The first kappa shape index (κ1) is 16.0. The van der Waals surface area contributed by atoms with Crippen molar-refractivity contribution in [2.45, 2.75) is 27.2 Å². The van der Waals surface area contributed by atoms with Crippen molar-refractivity contribution < 1.29 is 4.74 Å². The highest BCUT2D eigenvalue weighted by molar-refractivity contribution is 5.29. The number of methoxy groups -OCH3 is 1. The summed E-state index contributed by atoms with van der Waals surface area (Å²) in [4.78, 5) is 2.44. The molecule has 0 aliphatic heterocycles. The van der Waals surface area contributed by atoms with E-state index >= 15 is 0 Å². The molecule has 0 fully saturated rings. The van der Waals surface area contributed by atoms with Gasteiger partial charge in [-0.3, -0.25) is 0 Å². The highest BCUT2D eigenvalue weighted by Gasteiger charge is 2.25. The van der Waals surface area contributed by atoms with Gasteiger partial charge < -0.3 is 15.4 Å².